The molecule has 1 heterocycles. The van der Waals surface area contributed by atoms with Crippen molar-refractivity contribution in [3.8, 4) is 0 Å². The Hall–Kier alpha value is -1.23. The summed E-state index contributed by atoms with van der Waals surface area (Å²) >= 11 is 7.04. The lowest BCUT2D eigenvalue weighted by atomic mass is 9.91. The second-order valence-electron chi connectivity index (χ2n) is 5.98. The maximum atomic E-state index is 13.0. The predicted molar refractivity (Wildman–Crippen MR) is 110 cm³/mol. The van der Waals surface area contributed by atoms with Crippen molar-refractivity contribution in [2.24, 2.45) is 5.92 Å². The first-order chi connectivity index (χ1) is 11.5. The average molecular weight is 463 g/mol. The number of hydrogen-bond acceptors (Lipinski definition) is 1. The van der Waals surface area contributed by atoms with Crippen molar-refractivity contribution in [1.29, 1.82) is 0 Å². The van der Waals surface area contributed by atoms with Crippen molar-refractivity contribution in [1.82, 2.24) is 0 Å². The van der Waals surface area contributed by atoms with Crippen LogP contribution in [-0.2, 0) is 10.5 Å². The van der Waals surface area contributed by atoms with Gasteiger partial charge in [0.2, 0.25) is 0 Å². The molecule has 0 aromatic heterocycles. The van der Waals surface area contributed by atoms with Gasteiger partial charge in [0.25, 0.3) is 0 Å². The second-order valence-corrected chi connectivity index (χ2v) is 10.0. The Bertz CT molecular complexity index is 952. The Kier molecular flexibility index (Phi) is 4.23. The van der Waals surface area contributed by atoms with E-state index in [4.69, 9.17) is 0 Å². The van der Waals surface area contributed by atoms with E-state index in [0.717, 1.165) is 19.4 Å². The summed E-state index contributed by atoms with van der Waals surface area (Å²) in [5.74, 6) is 0.0204. The summed E-state index contributed by atoms with van der Waals surface area (Å²) in [6.45, 7) is 2.10. The van der Waals surface area contributed by atoms with Crippen LogP contribution in [0.3, 0.4) is 0 Å². The van der Waals surface area contributed by atoms with Gasteiger partial charge in [-0.1, -0.05) is 66.1 Å². The minimum atomic E-state index is -0.688. The minimum absolute atomic E-state index is 0.168. The fourth-order valence-electron chi connectivity index (χ4n) is 3.18. The highest BCUT2D eigenvalue weighted by Gasteiger charge is 2.38. The van der Waals surface area contributed by atoms with Gasteiger partial charge in [-0.05, 0) is 49.4 Å². The van der Waals surface area contributed by atoms with E-state index >= 15 is 0 Å². The Morgan fingerprint density at radius 1 is 1.00 bits per heavy atom. The van der Waals surface area contributed by atoms with Crippen molar-refractivity contribution in [3.05, 3.63) is 80.8 Å². The van der Waals surface area contributed by atoms with Crippen LogP contribution in [0, 0.1) is 12.8 Å². The van der Waals surface area contributed by atoms with Crippen LogP contribution in [-0.4, -0.2) is 10.6 Å². The number of thiol groups is 1. The smallest absolute Gasteiger partial charge is 0.183 e. The fourth-order valence-corrected chi connectivity index (χ4v) is 6.57. The normalized spacial score (nSPS) is 22.0. The predicted octanol–water partition coefficient (Wildman–Crippen LogP) is 5.36. The van der Waals surface area contributed by atoms with Crippen molar-refractivity contribution < 1.29 is 4.79 Å². The van der Waals surface area contributed by atoms with Gasteiger partial charge in [-0.25, -0.2) is 0 Å². The van der Waals surface area contributed by atoms with E-state index in [9.17, 15) is 4.79 Å². The zero-order chi connectivity index (χ0) is 16.8. The van der Waals surface area contributed by atoms with Crippen LogP contribution < -0.4 is 0 Å². The van der Waals surface area contributed by atoms with Crippen LogP contribution in [0.1, 0.15) is 15.9 Å². The van der Waals surface area contributed by atoms with Crippen LogP contribution in [0.5, 0.6) is 0 Å². The van der Waals surface area contributed by atoms with Gasteiger partial charge in [-0.15, -0.1) is 0 Å². The first-order valence-electron chi connectivity index (χ1n) is 7.67. The molecule has 0 saturated carbocycles. The largest absolute Gasteiger partial charge is 0.293 e. The molecule has 0 spiro atoms. The molecule has 0 bridgehead atoms. The van der Waals surface area contributed by atoms with Crippen molar-refractivity contribution in [2.45, 2.75) is 16.7 Å². The fraction of sp³-hybridized carbons (Fsp3) is 0.100. The van der Waals surface area contributed by atoms with E-state index in [2.05, 4.69) is 75.2 Å². The number of carbonyl (C=O) groups excluding carboxylic acids is 1. The Labute approximate surface area is 160 Å². The molecule has 2 aromatic rings. The monoisotopic (exact) mass is 461 g/mol. The molecule has 1 nitrogen and oxygen atoms in total. The topological polar surface area (TPSA) is 17.1 Å². The standard InChI is InChI=1S/C20H14Br2OS/c1-12-2-6-15(7-3-12)24-18-8-4-13(21)10-16(18)20(23)17-11-14(22)5-9-19(17)24/h2-11,16H,1H3/p+1. The van der Waals surface area contributed by atoms with Crippen molar-refractivity contribution >= 4 is 53.0 Å². The molecule has 2 aromatic carbocycles. The number of rotatable bonds is 1. The highest BCUT2D eigenvalue weighted by Crippen LogP contribution is 2.36. The third-order valence-electron chi connectivity index (χ3n) is 4.36. The summed E-state index contributed by atoms with van der Waals surface area (Å²) in [5.41, 5.74) is 2.10. The summed E-state index contributed by atoms with van der Waals surface area (Å²) in [7, 11) is -0.688. The molecule has 4 heteroatoms. The zero-order valence-corrected chi connectivity index (χ0v) is 17.0. The Morgan fingerprint density at radius 2 is 1.75 bits per heavy atom. The number of aryl methyl sites for hydroxylation is 1. The molecule has 0 fully saturated rings. The SMILES string of the molecule is Cc1ccc([SH+]2=C3C=CC(Br)=CC3C(=O)c3cc(Br)ccc32)cc1. The highest BCUT2D eigenvalue weighted by atomic mass is 79.9. The number of ketones is 1. The number of Topliss-reactive ketones (excluding diaryl/α,β-unsaturated/α-hetero) is 1. The molecule has 0 N–H and O–H groups in total. The van der Waals surface area contributed by atoms with Crippen LogP contribution in [0.4, 0.5) is 0 Å². The van der Waals surface area contributed by atoms with Gasteiger partial charge >= 0.3 is 0 Å². The number of allylic oxidation sites excluding steroid dienone is 4. The van der Waals surface area contributed by atoms with E-state index in [0.29, 0.717) is 0 Å². The number of benzene rings is 2. The van der Waals surface area contributed by atoms with Crippen molar-refractivity contribution in [2.75, 3.05) is 0 Å². The van der Waals surface area contributed by atoms with Gasteiger partial charge in [0.1, 0.15) is 20.6 Å². The summed E-state index contributed by atoms with van der Waals surface area (Å²) in [6.07, 6.45) is 6.21. The molecule has 0 saturated heterocycles. The lowest BCUT2D eigenvalue weighted by molar-refractivity contribution is 0.0969. The summed E-state index contributed by atoms with van der Waals surface area (Å²) in [4.78, 5) is 16.7. The lowest BCUT2D eigenvalue weighted by Gasteiger charge is -2.24. The number of carbonyl (C=O) groups is 1. The number of halogens is 2. The van der Waals surface area contributed by atoms with Crippen molar-refractivity contribution in [3.63, 3.8) is 0 Å². The molecule has 0 radical (unpaired) electrons. The molecular formula is C20H15Br2OS+. The minimum Gasteiger partial charge on any atom is -0.293 e. The molecular weight excluding hydrogens is 448 g/mol. The van der Waals surface area contributed by atoms with Gasteiger partial charge in [0, 0.05) is 8.96 Å². The van der Waals surface area contributed by atoms with Crippen LogP contribution in [0.15, 0.2) is 79.4 Å². The van der Waals surface area contributed by atoms with E-state index in [1.807, 2.05) is 24.3 Å². The Morgan fingerprint density at radius 3 is 2.50 bits per heavy atom. The lowest BCUT2D eigenvalue weighted by Crippen LogP contribution is -2.32. The Balaban J connectivity index is 2.03. The maximum absolute atomic E-state index is 13.0. The third kappa shape index (κ3) is 2.71. The van der Waals surface area contributed by atoms with Crippen LogP contribution >= 0.6 is 31.9 Å². The van der Waals surface area contributed by atoms with E-state index < -0.39 is 10.5 Å². The third-order valence-corrected chi connectivity index (χ3v) is 8.01. The molecule has 2 unspecified atom stereocenters. The summed E-state index contributed by atoms with van der Waals surface area (Å²) in [6, 6.07) is 14.8. The van der Waals surface area contributed by atoms with E-state index in [-0.39, 0.29) is 11.7 Å². The molecule has 0 amide bonds. The molecule has 1 aliphatic heterocycles. The first-order valence-corrected chi connectivity index (χ1v) is 10.6. The molecule has 4 rings (SSSR count). The molecule has 2 aliphatic rings. The average Bonchev–Trinajstić information content (AvgIpc) is 2.57. The van der Waals surface area contributed by atoms with E-state index in [1.165, 1.54) is 15.3 Å². The van der Waals surface area contributed by atoms with Gasteiger partial charge in [-0.3, -0.25) is 4.79 Å². The number of hydrogen-bond donors (Lipinski definition) is 0. The van der Waals surface area contributed by atoms with E-state index in [1.54, 1.807) is 0 Å². The summed E-state index contributed by atoms with van der Waals surface area (Å²) < 4.78 is 1.92. The molecule has 2 atom stereocenters. The molecule has 1 aliphatic carbocycles. The molecule has 24 heavy (non-hydrogen) atoms. The summed E-state index contributed by atoms with van der Waals surface area (Å²) in [5, 5.41) is 0. The van der Waals surface area contributed by atoms with Gasteiger partial charge in [0.15, 0.2) is 5.78 Å². The maximum Gasteiger partial charge on any atom is 0.183 e. The zero-order valence-electron chi connectivity index (χ0n) is 13.0. The highest BCUT2D eigenvalue weighted by molar-refractivity contribution is 9.12. The first kappa shape index (κ1) is 16.2. The van der Waals surface area contributed by atoms with Crippen LogP contribution in [0.2, 0.25) is 0 Å². The molecule has 120 valence electrons. The quantitative estimate of drug-likeness (QED) is 0.316. The van der Waals surface area contributed by atoms with Gasteiger partial charge < -0.3 is 0 Å². The number of fused-ring (bicyclic) bond motifs is 2. The second kappa shape index (κ2) is 6.25. The van der Waals surface area contributed by atoms with Gasteiger partial charge in [0.05, 0.1) is 5.56 Å². The van der Waals surface area contributed by atoms with Gasteiger partial charge in [-0.2, -0.15) is 0 Å². The van der Waals surface area contributed by atoms with Crippen LogP contribution in [0.25, 0.3) is 0 Å².